The lowest BCUT2D eigenvalue weighted by Gasteiger charge is -2.15. The number of benzene rings is 1. The lowest BCUT2D eigenvalue weighted by atomic mass is 10.1. The van der Waals surface area contributed by atoms with E-state index in [0.717, 1.165) is 18.7 Å². The smallest absolute Gasteiger partial charge is 0.239 e. The Balaban J connectivity index is 1.70. The maximum Gasteiger partial charge on any atom is 0.239 e. The molecular weight excluding hydrogens is 282 g/mol. The first-order valence-electron chi connectivity index (χ1n) is 7.28. The van der Waals surface area contributed by atoms with Gasteiger partial charge in [-0.15, -0.1) is 11.8 Å². The van der Waals surface area contributed by atoms with Gasteiger partial charge < -0.3 is 5.32 Å². The van der Waals surface area contributed by atoms with Crippen molar-refractivity contribution >= 4 is 23.5 Å². The quantitative estimate of drug-likeness (QED) is 0.940. The van der Waals surface area contributed by atoms with Gasteiger partial charge in [0.1, 0.15) is 5.82 Å². The van der Waals surface area contributed by atoms with Crippen molar-refractivity contribution in [1.82, 2.24) is 9.78 Å². The summed E-state index contributed by atoms with van der Waals surface area (Å²) in [6.07, 6.45) is 3.51. The van der Waals surface area contributed by atoms with Gasteiger partial charge in [0.2, 0.25) is 5.91 Å². The predicted octanol–water partition coefficient (Wildman–Crippen LogP) is 3.51. The molecule has 0 aliphatic carbocycles. The van der Waals surface area contributed by atoms with E-state index in [1.807, 2.05) is 22.9 Å². The number of hydrogen-bond donors (Lipinski definition) is 1. The van der Waals surface area contributed by atoms with Crippen LogP contribution in [-0.2, 0) is 11.2 Å². The molecule has 21 heavy (non-hydrogen) atoms. The predicted molar refractivity (Wildman–Crippen MR) is 85.6 cm³/mol. The summed E-state index contributed by atoms with van der Waals surface area (Å²) >= 11 is 1.64. The third kappa shape index (κ3) is 2.83. The summed E-state index contributed by atoms with van der Waals surface area (Å²) < 4.78 is 1.88. The number of carbonyl (C=O) groups excluding carboxylic acids is 1. The zero-order valence-electron chi connectivity index (χ0n) is 12.2. The molecule has 0 spiro atoms. The Morgan fingerprint density at radius 1 is 1.48 bits per heavy atom. The summed E-state index contributed by atoms with van der Waals surface area (Å²) in [6.45, 7) is 4.21. The van der Waals surface area contributed by atoms with Crippen LogP contribution in [0.4, 0.5) is 5.82 Å². The van der Waals surface area contributed by atoms with Crippen molar-refractivity contribution in [2.45, 2.75) is 42.9 Å². The minimum Gasteiger partial charge on any atom is -0.310 e. The fourth-order valence-corrected chi connectivity index (χ4v) is 3.67. The molecular formula is C16H19N3OS. The second kappa shape index (κ2) is 5.93. The van der Waals surface area contributed by atoms with E-state index in [1.54, 1.807) is 18.0 Å². The number of amides is 1. The summed E-state index contributed by atoms with van der Waals surface area (Å²) in [6, 6.07) is 10.4. The summed E-state index contributed by atoms with van der Waals surface area (Å²) in [5.41, 5.74) is 1.26. The third-order valence-corrected chi connectivity index (χ3v) is 5.19. The molecule has 0 saturated heterocycles. The first-order chi connectivity index (χ1) is 10.2. The number of carbonyl (C=O) groups is 1. The number of nitrogens with one attached hydrogen (secondary N) is 1. The van der Waals surface area contributed by atoms with Crippen LogP contribution in [0.25, 0.3) is 0 Å². The molecule has 110 valence electrons. The van der Waals surface area contributed by atoms with E-state index in [4.69, 9.17) is 0 Å². The summed E-state index contributed by atoms with van der Waals surface area (Å²) in [4.78, 5) is 13.7. The molecule has 0 saturated carbocycles. The van der Waals surface area contributed by atoms with Gasteiger partial charge in [-0.2, -0.15) is 5.10 Å². The largest absolute Gasteiger partial charge is 0.310 e. The molecule has 1 aromatic heterocycles. The van der Waals surface area contributed by atoms with Crippen molar-refractivity contribution in [3.63, 3.8) is 0 Å². The zero-order chi connectivity index (χ0) is 14.8. The van der Waals surface area contributed by atoms with Crippen LogP contribution in [0.3, 0.4) is 0 Å². The molecule has 1 N–H and O–H groups in total. The molecule has 1 amide bonds. The highest BCUT2D eigenvalue weighted by Crippen LogP contribution is 2.37. The number of rotatable bonds is 4. The molecule has 1 aliphatic rings. The molecule has 0 fully saturated rings. The maximum atomic E-state index is 12.5. The van der Waals surface area contributed by atoms with Crippen LogP contribution in [0, 0.1) is 0 Å². The lowest BCUT2D eigenvalue weighted by molar-refractivity contribution is -0.115. The summed E-state index contributed by atoms with van der Waals surface area (Å²) in [7, 11) is 0. The molecule has 4 nitrogen and oxygen atoms in total. The van der Waals surface area contributed by atoms with E-state index in [0.29, 0.717) is 0 Å². The fraction of sp³-hybridized carbons (Fsp3) is 0.375. The van der Waals surface area contributed by atoms with Crippen LogP contribution < -0.4 is 5.32 Å². The molecule has 2 unspecified atom stereocenters. The first kappa shape index (κ1) is 14.2. The van der Waals surface area contributed by atoms with Crippen molar-refractivity contribution in [2.75, 3.05) is 5.32 Å². The number of nitrogens with zero attached hydrogens (tertiary/aromatic N) is 2. The van der Waals surface area contributed by atoms with Crippen LogP contribution >= 0.6 is 11.8 Å². The SMILES string of the molecule is CCC(C)n1nccc1NC(=O)C1Cc2ccccc2S1. The lowest BCUT2D eigenvalue weighted by Crippen LogP contribution is -2.26. The van der Waals surface area contributed by atoms with Gasteiger partial charge in [-0.25, -0.2) is 4.68 Å². The molecule has 2 aromatic rings. The third-order valence-electron chi connectivity index (χ3n) is 3.87. The molecule has 0 bridgehead atoms. The van der Waals surface area contributed by atoms with Crippen LogP contribution in [0.2, 0.25) is 0 Å². The Hall–Kier alpha value is -1.75. The van der Waals surface area contributed by atoms with Crippen molar-refractivity contribution in [3.8, 4) is 0 Å². The highest BCUT2D eigenvalue weighted by atomic mass is 32.2. The molecule has 2 heterocycles. The molecule has 1 aliphatic heterocycles. The number of hydrogen-bond acceptors (Lipinski definition) is 3. The first-order valence-corrected chi connectivity index (χ1v) is 8.16. The number of anilines is 1. The van der Waals surface area contributed by atoms with Crippen LogP contribution in [0.1, 0.15) is 31.9 Å². The van der Waals surface area contributed by atoms with Gasteiger partial charge in [-0.05, 0) is 31.4 Å². The minimum absolute atomic E-state index is 0.0531. The second-order valence-electron chi connectivity index (χ2n) is 5.33. The van der Waals surface area contributed by atoms with E-state index in [1.165, 1.54) is 10.5 Å². The molecule has 0 radical (unpaired) electrons. The highest BCUT2D eigenvalue weighted by Gasteiger charge is 2.28. The minimum atomic E-state index is -0.0531. The molecule has 3 rings (SSSR count). The monoisotopic (exact) mass is 301 g/mol. The Bertz CT molecular complexity index is 627. The Labute approximate surface area is 128 Å². The van der Waals surface area contributed by atoms with Crippen LogP contribution in [-0.4, -0.2) is 20.9 Å². The Kier molecular flexibility index (Phi) is 4.01. The van der Waals surface area contributed by atoms with Gasteiger partial charge in [-0.1, -0.05) is 25.1 Å². The van der Waals surface area contributed by atoms with Crippen molar-refractivity contribution < 1.29 is 4.79 Å². The molecule has 5 heteroatoms. The molecule has 1 aromatic carbocycles. The second-order valence-corrected chi connectivity index (χ2v) is 6.57. The average Bonchev–Trinajstić information content (AvgIpc) is 3.12. The van der Waals surface area contributed by atoms with E-state index in [9.17, 15) is 4.79 Å². The standard InChI is InChI=1S/C16H19N3OS/c1-3-11(2)19-15(8-9-17-19)18-16(20)14-10-12-6-4-5-7-13(12)21-14/h4-9,11,14H,3,10H2,1-2H3,(H,18,20). The van der Waals surface area contributed by atoms with Gasteiger partial charge in [0.15, 0.2) is 0 Å². The van der Waals surface area contributed by atoms with Crippen LogP contribution in [0.15, 0.2) is 41.4 Å². The molecule has 2 atom stereocenters. The zero-order valence-corrected chi connectivity index (χ0v) is 13.1. The van der Waals surface area contributed by atoms with E-state index >= 15 is 0 Å². The maximum absolute atomic E-state index is 12.5. The topological polar surface area (TPSA) is 46.9 Å². The van der Waals surface area contributed by atoms with Crippen molar-refractivity contribution in [3.05, 3.63) is 42.1 Å². The van der Waals surface area contributed by atoms with Gasteiger partial charge in [0.05, 0.1) is 17.5 Å². The number of fused-ring (bicyclic) bond motifs is 1. The Morgan fingerprint density at radius 3 is 3.05 bits per heavy atom. The summed E-state index contributed by atoms with van der Waals surface area (Å²) in [5, 5.41) is 7.27. The van der Waals surface area contributed by atoms with Gasteiger partial charge in [-0.3, -0.25) is 4.79 Å². The van der Waals surface area contributed by atoms with Crippen molar-refractivity contribution in [1.29, 1.82) is 0 Å². The van der Waals surface area contributed by atoms with E-state index in [2.05, 4.69) is 36.4 Å². The van der Waals surface area contributed by atoms with E-state index < -0.39 is 0 Å². The Morgan fingerprint density at radius 2 is 2.29 bits per heavy atom. The average molecular weight is 301 g/mol. The normalized spacial score (nSPS) is 18.3. The number of thioether (sulfide) groups is 1. The summed E-state index contributed by atoms with van der Waals surface area (Å²) in [5.74, 6) is 0.840. The van der Waals surface area contributed by atoms with Gasteiger partial charge >= 0.3 is 0 Å². The highest BCUT2D eigenvalue weighted by molar-refractivity contribution is 8.01. The van der Waals surface area contributed by atoms with Crippen LogP contribution in [0.5, 0.6) is 0 Å². The van der Waals surface area contributed by atoms with Gasteiger partial charge in [0.25, 0.3) is 0 Å². The van der Waals surface area contributed by atoms with E-state index in [-0.39, 0.29) is 17.2 Å². The fourth-order valence-electron chi connectivity index (χ4n) is 2.47. The number of aromatic nitrogens is 2. The van der Waals surface area contributed by atoms with Gasteiger partial charge in [0, 0.05) is 11.0 Å². The van der Waals surface area contributed by atoms with Crippen molar-refractivity contribution in [2.24, 2.45) is 0 Å².